The third kappa shape index (κ3) is 6.81. The number of ether oxygens (including phenoxy) is 3. The molecule has 0 saturated heterocycles. The van der Waals surface area contributed by atoms with Crippen molar-refractivity contribution in [1.82, 2.24) is 0 Å². The Morgan fingerprint density at radius 1 is 1.00 bits per heavy atom. The summed E-state index contributed by atoms with van der Waals surface area (Å²) in [6.07, 6.45) is -0.760. The number of carbonyl (C=O) groups is 2. The first-order valence-corrected chi connectivity index (χ1v) is 5.87. The second-order valence-electron chi connectivity index (χ2n) is 4.45. The SMILES string of the molecule is CCC(=O)OCOC(=O)OC(C(C)C)C(C)C. The van der Waals surface area contributed by atoms with Gasteiger partial charge in [-0.3, -0.25) is 4.79 Å². The predicted octanol–water partition coefficient (Wildman–Crippen LogP) is 2.73. The van der Waals surface area contributed by atoms with Gasteiger partial charge >= 0.3 is 12.1 Å². The van der Waals surface area contributed by atoms with Crippen LogP contribution >= 0.6 is 0 Å². The molecule has 0 bridgehead atoms. The Kier molecular flexibility index (Phi) is 7.34. The van der Waals surface area contributed by atoms with Crippen molar-refractivity contribution >= 4 is 12.1 Å². The molecule has 0 aliphatic carbocycles. The van der Waals surface area contributed by atoms with Crippen LogP contribution in [0.1, 0.15) is 41.0 Å². The highest BCUT2D eigenvalue weighted by Crippen LogP contribution is 2.16. The summed E-state index contributed by atoms with van der Waals surface area (Å²) in [5.41, 5.74) is 0. The fourth-order valence-electron chi connectivity index (χ4n) is 1.43. The van der Waals surface area contributed by atoms with Crippen LogP contribution in [-0.4, -0.2) is 25.0 Å². The number of rotatable bonds is 6. The predicted molar refractivity (Wildman–Crippen MR) is 62.3 cm³/mol. The molecule has 0 aromatic carbocycles. The quantitative estimate of drug-likeness (QED) is 0.532. The van der Waals surface area contributed by atoms with Gasteiger partial charge in [0.1, 0.15) is 6.10 Å². The topological polar surface area (TPSA) is 61.8 Å². The van der Waals surface area contributed by atoms with E-state index in [9.17, 15) is 9.59 Å². The Morgan fingerprint density at radius 3 is 1.94 bits per heavy atom. The minimum Gasteiger partial charge on any atom is -0.430 e. The first-order chi connectivity index (χ1) is 7.88. The van der Waals surface area contributed by atoms with Gasteiger partial charge in [-0.25, -0.2) is 4.79 Å². The van der Waals surface area contributed by atoms with E-state index in [1.807, 2.05) is 27.7 Å². The highest BCUT2D eigenvalue weighted by molar-refractivity contribution is 5.69. The Bertz CT molecular complexity index is 239. The molecule has 17 heavy (non-hydrogen) atoms. The molecule has 0 unspecified atom stereocenters. The zero-order valence-corrected chi connectivity index (χ0v) is 11.2. The van der Waals surface area contributed by atoms with Crippen LogP contribution in [0.3, 0.4) is 0 Å². The van der Waals surface area contributed by atoms with E-state index in [0.29, 0.717) is 0 Å². The van der Waals surface area contributed by atoms with Crippen LogP contribution in [0.2, 0.25) is 0 Å². The average Bonchev–Trinajstić information content (AvgIpc) is 2.24. The summed E-state index contributed by atoms with van der Waals surface area (Å²) in [7, 11) is 0. The van der Waals surface area contributed by atoms with Gasteiger partial charge in [-0.15, -0.1) is 0 Å². The molecule has 0 heterocycles. The van der Waals surface area contributed by atoms with Gasteiger partial charge in [0.15, 0.2) is 0 Å². The molecule has 0 spiro atoms. The monoisotopic (exact) mass is 246 g/mol. The summed E-state index contributed by atoms with van der Waals surface area (Å²) >= 11 is 0. The van der Waals surface area contributed by atoms with Crippen LogP contribution in [-0.2, 0) is 19.0 Å². The average molecular weight is 246 g/mol. The zero-order chi connectivity index (χ0) is 13.4. The number of hydrogen-bond donors (Lipinski definition) is 0. The molecule has 0 aliphatic heterocycles. The summed E-state index contributed by atoms with van der Waals surface area (Å²) in [6, 6.07) is 0. The van der Waals surface area contributed by atoms with Crippen molar-refractivity contribution in [1.29, 1.82) is 0 Å². The van der Waals surface area contributed by atoms with Crippen molar-refractivity contribution in [2.24, 2.45) is 11.8 Å². The maximum atomic E-state index is 11.3. The maximum absolute atomic E-state index is 11.3. The molecule has 0 aliphatic rings. The van der Waals surface area contributed by atoms with Crippen LogP contribution in [0.5, 0.6) is 0 Å². The minimum absolute atomic E-state index is 0.204. The molecular formula is C12H22O5. The molecule has 0 atom stereocenters. The van der Waals surface area contributed by atoms with Crippen LogP contribution in [0.15, 0.2) is 0 Å². The molecule has 0 aromatic rings. The summed E-state index contributed by atoms with van der Waals surface area (Å²) < 4.78 is 14.4. The van der Waals surface area contributed by atoms with Gasteiger partial charge in [0.05, 0.1) is 0 Å². The van der Waals surface area contributed by atoms with E-state index >= 15 is 0 Å². The van der Waals surface area contributed by atoms with Crippen molar-refractivity contribution in [3.63, 3.8) is 0 Å². The van der Waals surface area contributed by atoms with Gasteiger partial charge in [-0.1, -0.05) is 34.6 Å². The van der Waals surface area contributed by atoms with Gasteiger partial charge in [0.25, 0.3) is 0 Å². The maximum Gasteiger partial charge on any atom is 0.511 e. The van der Waals surface area contributed by atoms with Crippen molar-refractivity contribution in [2.45, 2.75) is 47.1 Å². The summed E-state index contributed by atoms with van der Waals surface area (Å²) in [5, 5.41) is 0. The second kappa shape index (κ2) is 7.92. The van der Waals surface area contributed by atoms with Gasteiger partial charge in [-0.2, -0.15) is 0 Å². The second-order valence-corrected chi connectivity index (χ2v) is 4.45. The minimum atomic E-state index is -0.804. The standard InChI is InChI=1S/C12H22O5/c1-6-10(13)15-7-16-12(14)17-11(8(2)3)9(4)5/h8-9,11H,6-7H2,1-5H3. The van der Waals surface area contributed by atoms with E-state index in [1.54, 1.807) is 6.92 Å². The van der Waals surface area contributed by atoms with Crippen molar-refractivity contribution < 1.29 is 23.8 Å². The van der Waals surface area contributed by atoms with E-state index in [4.69, 9.17) is 4.74 Å². The van der Waals surface area contributed by atoms with E-state index in [-0.39, 0.29) is 24.4 Å². The molecule has 0 radical (unpaired) electrons. The first kappa shape index (κ1) is 15.7. The van der Waals surface area contributed by atoms with Gasteiger partial charge < -0.3 is 14.2 Å². The summed E-state index contributed by atoms with van der Waals surface area (Å²) in [4.78, 5) is 22.1. The third-order valence-electron chi connectivity index (χ3n) is 2.23. The van der Waals surface area contributed by atoms with Crippen LogP contribution in [0.25, 0.3) is 0 Å². The normalized spacial score (nSPS) is 10.8. The molecular weight excluding hydrogens is 224 g/mol. The smallest absolute Gasteiger partial charge is 0.430 e. The van der Waals surface area contributed by atoms with Crippen molar-refractivity contribution in [3.8, 4) is 0 Å². The lowest BCUT2D eigenvalue weighted by Crippen LogP contribution is -2.29. The lowest BCUT2D eigenvalue weighted by Gasteiger charge is -2.24. The first-order valence-electron chi connectivity index (χ1n) is 5.87. The molecule has 0 amide bonds. The molecule has 100 valence electrons. The molecule has 5 nitrogen and oxygen atoms in total. The Morgan fingerprint density at radius 2 is 1.53 bits per heavy atom. The van der Waals surface area contributed by atoms with E-state index < -0.39 is 18.9 Å². The molecule has 0 N–H and O–H groups in total. The van der Waals surface area contributed by atoms with Gasteiger partial charge in [0.2, 0.25) is 6.79 Å². The van der Waals surface area contributed by atoms with E-state index in [2.05, 4.69) is 9.47 Å². The Hall–Kier alpha value is -1.26. The van der Waals surface area contributed by atoms with Crippen molar-refractivity contribution in [3.05, 3.63) is 0 Å². The molecule has 5 heteroatoms. The lowest BCUT2D eigenvalue weighted by molar-refractivity contribution is -0.153. The lowest BCUT2D eigenvalue weighted by atomic mass is 9.96. The van der Waals surface area contributed by atoms with Crippen LogP contribution in [0.4, 0.5) is 4.79 Å². The fourth-order valence-corrected chi connectivity index (χ4v) is 1.43. The molecule has 0 saturated carbocycles. The van der Waals surface area contributed by atoms with Gasteiger partial charge in [-0.05, 0) is 11.8 Å². The number of esters is 1. The summed E-state index contributed by atoms with van der Waals surface area (Å²) in [6.45, 7) is 9.14. The Labute approximate surface area is 102 Å². The molecule has 0 rings (SSSR count). The molecule has 0 aromatic heterocycles. The van der Waals surface area contributed by atoms with Crippen LogP contribution < -0.4 is 0 Å². The van der Waals surface area contributed by atoms with Crippen molar-refractivity contribution in [2.75, 3.05) is 6.79 Å². The highest BCUT2D eigenvalue weighted by Gasteiger charge is 2.22. The molecule has 0 fully saturated rings. The highest BCUT2D eigenvalue weighted by atomic mass is 16.8. The fraction of sp³-hybridized carbons (Fsp3) is 0.833. The number of hydrogen-bond acceptors (Lipinski definition) is 5. The van der Waals surface area contributed by atoms with E-state index in [1.165, 1.54) is 0 Å². The van der Waals surface area contributed by atoms with Crippen LogP contribution in [0, 0.1) is 11.8 Å². The zero-order valence-electron chi connectivity index (χ0n) is 11.2. The summed E-state index contributed by atoms with van der Waals surface area (Å²) in [5.74, 6) is 0.00329. The largest absolute Gasteiger partial charge is 0.511 e. The number of carbonyl (C=O) groups excluding carboxylic acids is 2. The Balaban J connectivity index is 3.95. The third-order valence-corrected chi connectivity index (χ3v) is 2.23. The van der Waals surface area contributed by atoms with Gasteiger partial charge in [0, 0.05) is 6.42 Å². The van der Waals surface area contributed by atoms with E-state index in [0.717, 1.165) is 0 Å².